The van der Waals surface area contributed by atoms with Gasteiger partial charge in [0.05, 0.1) is 0 Å². The Morgan fingerprint density at radius 2 is 0.722 bits per heavy atom. The van der Waals surface area contributed by atoms with E-state index >= 15 is 0 Å². The average molecular weight is 511 g/mol. The Labute approximate surface area is 217 Å². The topological polar surface area (TPSA) is 52.6 Å². The van der Waals surface area contributed by atoms with E-state index in [1.807, 2.05) is 121 Å². The minimum atomic E-state index is -1.06. The Morgan fingerprint density at radius 1 is 0.472 bits per heavy atom. The molecule has 4 aromatic rings. The monoisotopic (exact) mass is 510 g/mol. The summed E-state index contributed by atoms with van der Waals surface area (Å²) < 4.78 is 11.6. The fourth-order valence-electron chi connectivity index (χ4n) is 4.23. The van der Waals surface area contributed by atoms with Crippen molar-refractivity contribution < 1.29 is 18.4 Å². The predicted molar refractivity (Wildman–Crippen MR) is 148 cm³/mol. The lowest BCUT2D eigenvalue weighted by molar-refractivity contribution is -0.136. The molecule has 0 unspecified atom stereocenters. The quantitative estimate of drug-likeness (QED) is 0.216. The molecule has 0 aliphatic carbocycles. The van der Waals surface area contributed by atoms with E-state index in [1.54, 1.807) is 0 Å². The molecule has 4 rings (SSSR count). The van der Waals surface area contributed by atoms with E-state index in [0.29, 0.717) is 0 Å². The molecule has 6 heteroatoms. The van der Waals surface area contributed by atoms with Crippen LogP contribution in [0.1, 0.15) is 34.1 Å². The van der Waals surface area contributed by atoms with Gasteiger partial charge in [-0.25, -0.2) is 0 Å². The lowest BCUT2D eigenvalue weighted by atomic mass is 9.91. The van der Waals surface area contributed by atoms with Crippen molar-refractivity contribution in [2.75, 3.05) is 0 Å². The van der Waals surface area contributed by atoms with Gasteiger partial charge in [0.1, 0.15) is 11.8 Å². The van der Waals surface area contributed by atoms with E-state index < -0.39 is 31.4 Å². The van der Waals surface area contributed by atoms with E-state index in [-0.39, 0.29) is 11.9 Å². The molecule has 0 heterocycles. The molecular weight excluding hydrogens is 480 g/mol. The number of rotatable bonds is 11. The molecule has 0 spiro atoms. The normalized spacial score (nSPS) is 11.5. The van der Waals surface area contributed by atoms with Gasteiger partial charge in [0.15, 0.2) is 0 Å². The van der Waals surface area contributed by atoms with E-state index in [9.17, 15) is 9.59 Å². The molecule has 0 saturated heterocycles. The van der Waals surface area contributed by atoms with Gasteiger partial charge in [-0.1, -0.05) is 121 Å². The summed E-state index contributed by atoms with van der Waals surface area (Å²) in [7, 11) is -2.12. The van der Waals surface area contributed by atoms with Gasteiger partial charge in [-0.3, -0.25) is 9.59 Å². The molecule has 0 atom stereocenters. The summed E-state index contributed by atoms with van der Waals surface area (Å²) in [6.07, 6.45) is 0. The van der Waals surface area contributed by atoms with Crippen LogP contribution in [0.3, 0.4) is 0 Å². The Balaban J connectivity index is 1.28. The Bertz CT molecular complexity index is 1040. The number of hydrogen-bond donors (Lipinski definition) is 0. The molecule has 0 radical (unpaired) electrons. The number of carbonyl (C=O) groups excluding carboxylic acids is 2. The second-order valence-corrected chi connectivity index (χ2v) is 11.4. The summed E-state index contributed by atoms with van der Waals surface area (Å²) in [5.74, 6) is -1.25. The number of hydrogen-bond acceptors (Lipinski definition) is 4. The first-order valence-corrected chi connectivity index (χ1v) is 15.4. The molecule has 0 amide bonds. The van der Waals surface area contributed by atoms with Crippen LogP contribution < -0.4 is 0 Å². The largest absolute Gasteiger partial charge is 0.524 e. The average Bonchev–Trinajstić information content (AvgIpc) is 2.93. The summed E-state index contributed by atoms with van der Waals surface area (Å²) in [6.45, 7) is 0. The van der Waals surface area contributed by atoms with Crippen molar-refractivity contribution in [3.8, 4) is 0 Å². The van der Waals surface area contributed by atoms with Crippen LogP contribution in [-0.4, -0.2) is 31.5 Å². The first-order valence-electron chi connectivity index (χ1n) is 12.3. The number of carbonyl (C=O) groups is 2. The second kappa shape index (κ2) is 13.4. The van der Waals surface area contributed by atoms with Crippen LogP contribution in [0.25, 0.3) is 0 Å². The Morgan fingerprint density at radius 3 is 0.972 bits per heavy atom. The summed E-state index contributed by atoms with van der Waals surface area (Å²) in [6, 6.07) is 40.6. The van der Waals surface area contributed by atoms with Crippen LogP contribution in [0, 0.1) is 0 Å². The first kappa shape index (κ1) is 25.3. The van der Waals surface area contributed by atoms with Crippen molar-refractivity contribution in [1.29, 1.82) is 0 Å². The lowest BCUT2D eigenvalue weighted by Crippen LogP contribution is -2.21. The van der Waals surface area contributed by atoms with Gasteiger partial charge in [-0.2, -0.15) is 0 Å². The maximum Gasteiger partial charge on any atom is 0.304 e. The highest BCUT2D eigenvalue weighted by Gasteiger charge is 2.25. The molecule has 0 saturated carbocycles. The SMILES string of the molecule is O=C(O[SiH2]CC[SiH2]OC(=O)C(c1ccccc1)c1ccccc1)C(c1ccccc1)c1ccccc1. The van der Waals surface area contributed by atoms with Gasteiger partial charge in [-0.05, 0) is 34.3 Å². The van der Waals surface area contributed by atoms with Crippen molar-refractivity contribution in [2.24, 2.45) is 0 Å². The molecule has 4 aromatic carbocycles. The highest BCUT2D eigenvalue weighted by molar-refractivity contribution is 6.37. The minimum Gasteiger partial charge on any atom is -0.524 e. The first-order chi connectivity index (χ1) is 17.7. The third kappa shape index (κ3) is 6.90. The minimum absolute atomic E-state index is 0.203. The molecule has 0 fully saturated rings. The van der Waals surface area contributed by atoms with Crippen molar-refractivity contribution in [3.63, 3.8) is 0 Å². The van der Waals surface area contributed by atoms with Gasteiger partial charge < -0.3 is 8.85 Å². The highest BCUT2D eigenvalue weighted by atomic mass is 28.2. The fourth-order valence-corrected chi connectivity index (χ4v) is 6.88. The highest BCUT2D eigenvalue weighted by Crippen LogP contribution is 2.27. The van der Waals surface area contributed by atoms with Gasteiger partial charge in [0, 0.05) is 0 Å². The number of benzene rings is 4. The maximum atomic E-state index is 13.0. The molecule has 0 N–H and O–H groups in total. The zero-order chi connectivity index (χ0) is 25.0. The molecule has 36 heavy (non-hydrogen) atoms. The van der Waals surface area contributed by atoms with Crippen LogP contribution in [0.15, 0.2) is 121 Å². The fraction of sp³-hybridized carbons (Fsp3) is 0.133. The van der Waals surface area contributed by atoms with E-state index in [4.69, 9.17) is 8.85 Å². The lowest BCUT2D eigenvalue weighted by Gasteiger charge is -2.18. The van der Waals surface area contributed by atoms with Crippen molar-refractivity contribution >= 4 is 31.5 Å². The summed E-state index contributed by atoms with van der Waals surface area (Å²) in [4.78, 5) is 26.1. The molecule has 0 bridgehead atoms. The van der Waals surface area contributed by atoms with Gasteiger partial charge >= 0.3 is 11.9 Å². The molecule has 4 nitrogen and oxygen atoms in total. The van der Waals surface area contributed by atoms with Crippen LogP contribution in [0.2, 0.25) is 12.1 Å². The third-order valence-corrected chi connectivity index (χ3v) is 9.58. The zero-order valence-electron chi connectivity index (χ0n) is 20.2. The molecule has 0 aliphatic rings. The smallest absolute Gasteiger partial charge is 0.304 e. The van der Waals surface area contributed by atoms with Gasteiger partial charge in [-0.15, -0.1) is 0 Å². The zero-order valence-corrected chi connectivity index (χ0v) is 23.0. The van der Waals surface area contributed by atoms with E-state index in [2.05, 4.69) is 0 Å². The third-order valence-electron chi connectivity index (χ3n) is 6.03. The van der Waals surface area contributed by atoms with Gasteiger partial charge in [0.25, 0.3) is 0 Å². The molecule has 0 aliphatic heterocycles. The van der Waals surface area contributed by atoms with Gasteiger partial charge in [0.2, 0.25) is 19.5 Å². The molecule has 182 valence electrons. The second-order valence-electron chi connectivity index (χ2n) is 8.55. The Hall–Kier alpha value is -3.75. The van der Waals surface area contributed by atoms with Crippen molar-refractivity contribution in [3.05, 3.63) is 144 Å². The maximum absolute atomic E-state index is 13.0. The summed E-state index contributed by atoms with van der Waals surface area (Å²) in [5.41, 5.74) is 3.72. The van der Waals surface area contributed by atoms with Crippen LogP contribution in [0.4, 0.5) is 0 Å². The molecule has 0 aromatic heterocycles. The van der Waals surface area contributed by atoms with Crippen molar-refractivity contribution in [2.45, 2.75) is 23.9 Å². The standard InChI is InChI=1S/C30H30O4Si2/c31-29(27(23-13-5-1-6-14-23)24-15-7-2-8-16-24)33-35-21-22-36-34-30(32)28(25-17-9-3-10-18-25)26-19-11-4-12-20-26/h1-20,27-28H,21-22,35-36H2. The van der Waals surface area contributed by atoms with Crippen LogP contribution in [-0.2, 0) is 18.4 Å². The molecular formula is C30H30O4Si2. The summed E-state index contributed by atoms with van der Waals surface area (Å²) >= 11 is 0. The summed E-state index contributed by atoms with van der Waals surface area (Å²) in [5, 5.41) is 0. The van der Waals surface area contributed by atoms with Crippen molar-refractivity contribution in [1.82, 2.24) is 0 Å². The Kier molecular flexibility index (Phi) is 9.42. The predicted octanol–water partition coefficient (Wildman–Crippen LogP) is 4.74. The van der Waals surface area contributed by atoms with E-state index in [1.165, 1.54) is 0 Å². The van der Waals surface area contributed by atoms with Crippen LogP contribution in [0.5, 0.6) is 0 Å². The van der Waals surface area contributed by atoms with E-state index in [0.717, 1.165) is 34.3 Å². The van der Waals surface area contributed by atoms with Crippen LogP contribution >= 0.6 is 0 Å².